The van der Waals surface area contributed by atoms with E-state index in [0.717, 1.165) is 12.1 Å². The van der Waals surface area contributed by atoms with Crippen molar-refractivity contribution in [1.82, 2.24) is 5.32 Å². The van der Waals surface area contributed by atoms with E-state index in [1.54, 1.807) is 12.2 Å². The van der Waals surface area contributed by atoms with Crippen LogP contribution in [-0.2, 0) is 71.3 Å². The first kappa shape index (κ1) is 60.6. The smallest absolute Gasteiger partial charge is 0.466 e. The van der Waals surface area contributed by atoms with Crippen LogP contribution in [0.3, 0.4) is 0 Å². The summed E-state index contributed by atoms with van der Waals surface area (Å²) in [5.41, 5.74) is 0.670. The number of nitrogens with one attached hydrogen (secondary N) is 1. The molecule has 0 bridgehead atoms. The number of hydrogen-bond donors (Lipinski definition) is 1. The quantitative estimate of drug-likeness (QED) is 0.0446. The Labute approximate surface area is 371 Å². The van der Waals surface area contributed by atoms with Gasteiger partial charge < -0.3 is 33.4 Å². The van der Waals surface area contributed by atoms with Crippen molar-refractivity contribution >= 4 is 43.9 Å². The lowest BCUT2D eigenvalue weighted by molar-refractivity contribution is -0.350. The van der Waals surface area contributed by atoms with E-state index in [4.69, 9.17) is 0 Å². The van der Waals surface area contributed by atoms with Crippen LogP contribution in [0.15, 0.2) is 79.4 Å². The Morgan fingerprint density at radius 2 is 0.956 bits per heavy atom. The van der Waals surface area contributed by atoms with Crippen LogP contribution in [0.1, 0.15) is 29.5 Å². The molecule has 0 saturated heterocycles. The van der Waals surface area contributed by atoms with Crippen molar-refractivity contribution in [3.8, 4) is 0 Å². The fourth-order valence-electron chi connectivity index (χ4n) is 4.45. The van der Waals surface area contributed by atoms with Crippen LogP contribution >= 0.6 is 0 Å². The summed E-state index contributed by atoms with van der Waals surface area (Å²) in [5, 5.41) is -10.9. The maximum Gasteiger partial charge on any atom is 0.466 e. The van der Waals surface area contributed by atoms with Gasteiger partial charge in [-0.1, -0.05) is 73.3 Å². The number of amides is 1. The number of rotatable bonds is 22. The van der Waals surface area contributed by atoms with E-state index >= 15 is 0 Å². The van der Waals surface area contributed by atoms with Gasteiger partial charge in [-0.15, -0.1) is 0 Å². The maximum atomic E-state index is 13.8. The highest BCUT2D eigenvalue weighted by atomic mass is 32.2. The van der Waals surface area contributed by atoms with Crippen molar-refractivity contribution in [1.29, 1.82) is 0 Å². The lowest BCUT2D eigenvalue weighted by Gasteiger charge is -2.34. The summed E-state index contributed by atoms with van der Waals surface area (Å²) in [5.74, 6) is -35.1. The number of ketones is 1. The monoisotopic (exact) mass is 1060 g/mol. The highest BCUT2D eigenvalue weighted by molar-refractivity contribution is 7.87. The number of Topliss-reactive ketones (excluding diaryl/α,β-unsaturated/α-hetero) is 1. The Kier molecular flexibility index (Phi) is 19.6. The molecule has 0 aromatic heterocycles. The summed E-state index contributed by atoms with van der Waals surface area (Å²) in [7, 11) is -13.9. The van der Waals surface area contributed by atoms with E-state index in [1.807, 2.05) is 0 Å². The summed E-state index contributed by atoms with van der Waals surface area (Å²) >= 11 is 0. The normalized spacial score (nSPS) is 14.8. The molecule has 384 valence electrons. The first-order chi connectivity index (χ1) is 30.5. The number of alkyl halides is 14. The number of esters is 2. The van der Waals surface area contributed by atoms with Crippen LogP contribution in [0.2, 0.25) is 0 Å². The average Bonchev–Trinajstić information content (AvgIpc) is 3.18. The lowest BCUT2D eigenvalue weighted by atomic mass is 10.0. The van der Waals surface area contributed by atoms with Crippen LogP contribution in [0.5, 0.6) is 0 Å². The minimum absolute atomic E-state index is 0.128. The molecule has 15 nitrogen and oxygen atoms in total. The Bertz CT molecular complexity index is 2380. The van der Waals surface area contributed by atoms with E-state index < -0.39 is 141 Å². The van der Waals surface area contributed by atoms with Gasteiger partial charge in [0.1, 0.15) is 0 Å². The number of halogens is 16. The Hall–Kier alpha value is -5.38. The molecule has 0 fully saturated rings. The molecule has 0 radical (unpaired) electrons. The summed E-state index contributed by atoms with van der Waals surface area (Å²) in [6, 6.07) is 12.0. The van der Waals surface area contributed by atoms with E-state index in [9.17, 15) is 115 Å². The molecule has 0 heterocycles. The van der Waals surface area contributed by atoms with Crippen molar-refractivity contribution < 1.29 is 134 Å². The molecule has 0 spiro atoms. The first-order valence-corrected chi connectivity index (χ1v) is 20.2. The van der Waals surface area contributed by atoms with E-state index in [1.165, 1.54) is 42.5 Å². The number of aryl methyl sites for hydroxylation is 1. The molecule has 0 aliphatic rings. The van der Waals surface area contributed by atoms with E-state index in [2.05, 4.69) is 32.1 Å². The van der Waals surface area contributed by atoms with Crippen LogP contribution in [-0.4, -0.2) is 109 Å². The molecule has 0 aliphatic heterocycles. The third-order valence-corrected chi connectivity index (χ3v) is 9.88. The number of hydrogen-bond acceptors (Lipinski definition) is 14. The molecular formula is C35H29F16NO14S2-2. The minimum Gasteiger partial charge on any atom is -0.743 e. The number of carbonyl (C=O) groups excluding carboxylic acids is 4. The molecule has 1 amide bonds. The van der Waals surface area contributed by atoms with Crippen molar-refractivity contribution in [2.24, 2.45) is 0 Å². The summed E-state index contributed by atoms with van der Waals surface area (Å²) in [6.07, 6.45) is -18.5. The minimum atomic E-state index is -6.98. The number of carbonyl (C=O) groups is 4. The lowest BCUT2D eigenvalue weighted by Crippen LogP contribution is -2.61. The molecule has 0 aliphatic carbocycles. The van der Waals surface area contributed by atoms with E-state index in [-0.39, 0.29) is 11.1 Å². The molecule has 33 heteroatoms. The maximum absolute atomic E-state index is 13.8. The van der Waals surface area contributed by atoms with Crippen LogP contribution in [0.4, 0.5) is 70.2 Å². The largest absolute Gasteiger partial charge is 0.743 e. The van der Waals surface area contributed by atoms with Crippen LogP contribution < -0.4 is 5.32 Å². The zero-order valence-electron chi connectivity index (χ0n) is 33.4. The predicted octanol–water partition coefficient (Wildman–Crippen LogP) is 6.34. The highest BCUT2D eigenvalue weighted by Crippen LogP contribution is 2.44. The zero-order chi connectivity index (χ0) is 53.3. The van der Waals surface area contributed by atoms with E-state index in [0.29, 0.717) is 5.56 Å². The topological polar surface area (TPSA) is 232 Å². The standard InChI is InChI=1S/C18H16F8O7S.C17H15F8NO7S/c1-10-3-5-12(6-4-10)9-13(27)16(17(22,23)24,33-14(28)11(2)19)32-8-7-15(20,21)18(25,26)34(29,30)31;1-10(18)12(27)33-15(16(21,22)23,13(28)26-9-11-5-3-2-4-6-11)32-8-7-14(19,20)17(24,25)34(29,30)31/h3-6H,2,7-9H2,1H3,(H,29,30,31);2-6H,1,7-9H2,(H,26,28)(H,29,30,31)/p-2. The highest BCUT2D eigenvalue weighted by Gasteiger charge is 2.69. The third kappa shape index (κ3) is 14.6. The van der Waals surface area contributed by atoms with Gasteiger partial charge in [-0.05, 0) is 18.1 Å². The predicted molar refractivity (Wildman–Crippen MR) is 189 cm³/mol. The van der Waals surface area contributed by atoms with Crippen molar-refractivity contribution in [2.45, 2.75) is 79.0 Å². The van der Waals surface area contributed by atoms with Crippen LogP contribution in [0, 0.1) is 6.92 Å². The van der Waals surface area contributed by atoms with Gasteiger partial charge in [0, 0.05) is 25.8 Å². The average molecular weight is 1060 g/mol. The van der Waals surface area contributed by atoms with Gasteiger partial charge in [-0.3, -0.25) is 9.59 Å². The van der Waals surface area contributed by atoms with Gasteiger partial charge in [-0.2, -0.15) is 70.2 Å². The fraction of sp³-hybridized carbons (Fsp3) is 0.429. The summed E-state index contributed by atoms with van der Waals surface area (Å²) in [6.45, 7) is 1.18. The molecule has 68 heavy (non-hydrogen) atoms. The Morgan fingerprint density at radius 3 is 1.31 bits per heavy atom. The first-order valence-electron chi connectivity index (χ1n) is 17.4. The molecule has 1 N–H and O–H groups in total. The van der Waals surface area contributed by atoms with Gasteiger partial charge >= 0.3 is 64.1 Å². The SMILES string of the molecule is C=C(F)C(=O)OC(OCCC(F)(F)C(F)(F)S(=O)(=O)[O-])(C(=O)Cc1ccc(C)cc1)C(F)(F)F.C=C(F)C(=O)OC(OCCC(F)(F)C(F)(F)S(=O)(=O)[O-])(C(=O)NCc1ccccc1)C(F)(F)F. The van der Waals surface area contributed by atoms with Gasteiger partial charge in [-0.25, -0.2) is 26.4 Å². The Morgan fingerprint density at radius 1 is 0.588 bits per heavy atom. The second-order valence-electron chi connectivity index (χ2n) is 13.1. The number of benzene rings is 2. The molecule has 2 unspecified atom stereocenters. The molecule has 2 aromatic rings. The van der Waals surface area contributed by atoms with Gasteiger partial charge in [0.2, 0.25) is 17.4 Å². The molecule has 2 atom stereocenters. The Balaban J connectivity index is 0.000000680. The number of ether oxygens (including phenoxy) is 4. The van der Waals surface area contributed by atoms with Gasteiger partial charge in [0.15, 0.2) is 20.2 Å². The van der Waals surface area contributed by atoms with Crippen molar-refractivity contribution in [3.63, 3.8) is 0 Å². The van der Waals surface area contributed by atoms with Crippen LogP contribution in [0.25, 0.3) is 0 Å². The zero-order valence-corrected chi connectivity index (χ0v) is 35.1. The molecular weight excluding hydrogens is 1030 g/mol. The second-order valence-corrected chi connectivity index (χ2v) is 16.0. The summed E-state index contributed by atoms with van der Waals surface area (Å²) in [4.78, 5) is 47.6. The van der Waals surface area contributed by atoms with Gasteiger partial charge in [0.25, 0.3) is 0 Å². The molecule has 0 saturated carbocycles. The van der Waals surface area contributed by atoms with Crippen molar-refractivity contribution in [2.75, 3.05) is 13.2 Å². The van der Waals surface area contributed by atoms with Crippen molar-refractivity contribution in [3.05, 3.63) is 96.1 Å². The van der Waals surface area contributed by atoms with Gasteiger partial charge in [0.05, 0.1) is 13.2 Å². The third-order valence-electron chi connectivity index (χ3n) is 8.03. The summed E-state index contributed by atoms with van der Waals surface area (Å²) < 4.78 is 293. The molecule has 2 rings (SSSR count). The fourth-order valence-corrected chi connectivity index (χ4v) is 5.39. The second kappa shape index (κ2) is 21.9. The molecule has 2 aromatic carbocycles.